The molecule has 5 nitrogen and oxygen atoms in total. The van der Waals surface area contributed by atoms with Gasteiger partial charge in [-0.05, 0) is 53.0 Å². The summed E-state index contributed by atoms with van der Waals surface area (Å²) in [6.07, 6.45) is -3.42. The second-order valence-electron chi connectivity index (χ2n) is 6.68. The molecular formula is C21H16BF4NO4S. The van der Waals surface area contributed by atoms with Crippen LogP contribution >= 0.6 is 11.8 Å². The van der Waals surface area contributed by atoms with Gasteiger partial charge in [0.25, 0.3) is 0 Å². The molecule has 11 heteroatoms. The van der Waals surface area contributed by atoms with Crippen LogP contribution in [0.1, 0.15) is 21.5 Å². The number of benzene rings is 2. The summed E-state index contributed by atoms with van der Waals surface area (Å²) in [5.41, 5.74) is 1.28. The van der Waals surface area contributed by atoms with E-state index in [0.29, 0.717) is 16.2 Å². The average molecular weight is 465 g/mol. The number of rotatable bonds is 8. The van der Waals surface area contributed by atoms with E-state index in [-0.39, 0.29) is 29.0 Å². The quantitative estimate of drug-likeness (QED) is 0.230. The first-order valence-electron chi connectivity index (χ1n) is 9.22. The summed E-state index contributed by atoms with van der Waals surface area (Å²) in [7, 11) is -1.87. The Balaban J connectivity index is 1.67. The van der Waals surface area contributed by atoms with Crippen LogP contribution in [0.2, 0.25) is 0 Å². The molecule has 0 bridgehead atoms. The van der Waals surface area contributed by atoms with Crippen LogP contribution in [-0.4, -0.2) is 34.3 Å². The molecular weight excluding hydrogens is 449 g/mol. The molecule has 0 aliphatic carbocycles. The van der Waals surface area contributed by atoms with E-state index in [1.807, 2.05) is 0 Å². The standard InChI is InChI=1S/C21H16BF4NO4S/c23-16-4-1-13(2-5-16)9-19(28)14-3-8-20(27-11-14)32-12-15-10-17(31-21(24,25)26)6-7-18(15)22(29)30/h1-8,10-11,29-30H,9,12H2. The highest BCUT2D eigenvalue weighted by molar-refractivity contribution is 7.98. The van der Waals surface area contributed by atoms with E-state index in [0.717, 1.165) is 30.0 Å². The molecule has 0 radical (unpaired) electrons. The maximum Gasteiger partial charge on any atom is 0.573 e. The molecule has 0 saturated heterocycles. The minimum absolute atomic E-state index is 0.0399. The third kappa shape index (κ3) is 6.81. The Morgan fingerprint density at radius 3 is 2.38 bits per heavy atom. The summed E-state index contributed by atoms with van der Waals surface area (Å²) in [5.74, 6) is -0.995. The molecule has 0 spiro atoms. The predicted molar refractivity (Wildman–Crippen MR) is 111 cm³/mol. The van der Waals surface area contributed by atoms with Crippen LogP contribution in [0.5, 0.6) is 5.75 Å². The Morgan fingerprint density at radius 1 is 1.06 bits per heavy atom. The number of thioether (sulfide) groups is 1. The van der Waals surface area contributed by atoms with Crippen LogP contribution < -0.4 is 10.2 Å². The van der Waals surface area contributed by atoms with Crippen molar-refractivity contribution in [2.24, 2.45) is 0 Å². The van der Waals surface area contributed by atoms with Crippen molar-refractivity contribution in [3.8, 4) is 5.75 Å². The number of carbonyl (C=O) groups is 1. The Morgan fingerprint density at radius 2 is 1.78 bits per heavy atom. The first-order valence-corrected chi connectivity index (χ1v) is 10.2. The highest BCUT2D eigenvalue weighted by Gasteiger charge is 2.31. The molecule has 2 aromatic carbocycles. The van der Waals surface area contributed by atoms with Gasteiger partial charge in [0.15, 0.2) is 5.78 Å². The van der Waals surface area contributed by atoms with Crippen molar-refractivity contribution in [3.63, 3.8) is 0 Å². The second-order valence-corrected chi connectivity index (χ2v) is 7.68. The molecule has 0 aliphatic rings. The van der Waals surface area contributed by atoms with Crippen LogP contribution in [-0.2, 0) is 12.2 Å². The summed E-state index contributed by atoms with van der Waals surface area (Å²) < 4.78 is 54.2. The lowest BCUT2D eigenvalue weighted by Gasteiger charge is -2.13. The lowest BCUT2D eigenvalue weighted by Crippen LogP contribution is -2.33. The van der Waals surface area contributed by atoms with Crippen LogP contribution in [0.4, 0.5) is 17.6 Å². The molecule has 0 saturated carbocycles. The molecule has 0 fully saturated rings. The van der Waals surface area contributed by atoms with Gasteiger partial charge >= 0.3 is 13.5 Å². The maximum absolute atomic E-state index is 13.0. The topological polar surface area (TPSA) is 79.7 Å². The van der Waals surface area contributed by atoms with Crippen molar-refractivity contribution in [1.82, 2.24) is 4.98 Å². The van der Waals surface area contributed by atoms with E-state index in [4.69, 9.17) is 0 Å². The van der Waals surface area contributed by atoms with Gasteiger partial charge in [0.1, 0.15) is 11.6 Å². The van der Waals surface area contributed by atoms with Gasteiger partial charge in [-0.1, -0.05) is 18.2 Å². The van der Waals surface area contributed by atoms with E-state index >= 15 is 0 Å². The molecule has 0 aliphatic heterocycles. The highest BCUT2D eigenvalue weighted by Crippen LogP contribution is 2.26. The zero-order valence-corrected chi connectivity index (χ0v) is 17.2. The number of carbonyl (C=O) groups excluding carboxylic acids is 1. The summed E-state index contributed by atoms with van der Waals surface area (Å²) in [5, 5.41) is 19.4. The Bertz CT molecular complexity index is 1080. The number of pyridine rings is 1. The molecule has 2 N–H and O–H groups in total. The van der Waals surface area contributed by atoms with E-state index < -0.39 is 25.0 Å². The largest absolute Gasteiger partial charge is 0.573 e. The third-order valence-electron chi connectivity index (χ3n) is 4.34. The molecule has 0 atom stereocenters. The van der Waals surface area contributed by atoms with Crippen molar-refractivity contribution in [2.75, 3.05) is 0 Å². The molecule has 0 amide bonds. The normalized spacial score (nSPS) is 11.3. The summed E-state index contributed by atoms with van der Waals surface area (Å²) in [6.45, 7) is 0. The number of hydrogen-bond donors (Lipinski definition) is 2. The maximum atomic E-state index is 13.0. The summed E-state index contributed by atoms with van der Waals surface area (Å²) in [4.78, 5) is 16.5. The van der Waals surface area contributed by atoms with Crippen LogP contribution in [0, 0.1) is 5.82 Å². The molecule has 3 aromatic rings. The zero-order chi connectivity index (χ0) is 23.3. The van der Waals surface area contributed by atoms with Gasteiger partial charge < -0.3 is 14.8 Å². The SMILES string of the molecule is O=C(Cc1ccc(F)cc1)c1ccc(SCc2cc(OC(F)(F)F)ccc2B(O)O)nc1. The van der Waals surface area contributed by atoms with Gasteiger partial charge in [0, 0.05) is 23.9 Å². The minimum Gasteiger partial charge on any atom is -0.423 e. The van der Waals surface area contributed by atoms with Crippen molar-refractivity contribution in [2.45, 2.75) is 23.6 Å². The van der Waals surface area contributed by atoms with Crippen molar-refractivity contribution in [1.29, 1.82) is 0 Å². The monoisotopic (exact) mass is 465 g/mol. The van der Waals surface area contributed by atoms with Gasteiger partial charge in [0.05, 0.1) is 5.03 Å². The Labute approximate surface area is 185 Å². The van der Waals surface area contributed by atoms with Gasteiger partial charge in [-0.15, -0.1) is 24.9 Å². The number of nitrogens with zero attached hydrogens (tertiary/aromatic N) is 1. The Kier molecular flexibility index (Phi) is 7.54. The smallest absolute Gasteiger partial charge is 0.423 e. The van der Waals surface area contributed by atoms with E-state index in [1.165, 1.54) is 30.5 Å². The fourth-order valence-corrected chi connectivity index (χ4v) is 3.67. The van der Waals surface area contributed by atoms with Gasteiger partial charge in [0.2, 0.25) is 0 Å². The second kappa shape index (κ2) is 10.2. The molecule has 3 rings (SSSR count). The minimum atomic E-state index is -4.87. The average Bonchev–Trinajstić information content (AvgIpc) is 2.73. The molecule has 32 heavy (non-hydrogen) atoms. The summed E-state index contributed by atoms with van der Waals surface area (Å²) >= 11 is 1.13. The molecule has 1 aromatic heterocycles. The van der Waals surface area contributed by atoms with Gasteiger partial charge in [-0.25, -0.2) is 9.37 Å². The van der Waals surface area contributed by atoms with E-state index in [2.05, 4.69) is 9.72 Å². The van der Waals surface area contributed by atoms with Crippen molar-refractivity contribution in [3.05, 3.63) is 83.3 Å². The number of halogens is 4. The van der Waals surface area contributed by atoms with Crippen molar-refractivity contribution < 1.29 is 37.1 Å². The third-order valence-corrected chi connectivity index (χ3v) is 5.33. The number of aromatic nitrogens is 1. The first-order chi connectivity index (χ1) is 15.1. The van der Waals surface area contributed by atoms with Crippen LogP contribution in [0.15, 0.2) is 65.8 Å². The summed E-state index contributed by atoms with van der Waals surface area (Å²) in [6, 6.07) is 11.9. The zero-order valence-electron chi connectivity index (χ0n) is 16.3. The Hall–Kier alpha value is -2.89. The fraction of sp³-hybridized carbons (Fsp3) is 0.143. The molecule has 166 valence electrons. The number of ketones is 1. The van der Waals surface area contributed by atoms with E-state index in [9.17, 15) is 32.4 Å². The van der Waals surface area contributed by atoms with Crippen LogP contribution in [0.3, 0.4) is 0 Å². The fourth-order valence-electron chi connectivity index (χ4n) is 2.83. The number of Topliss-reactive ketones (excluding diaryl/α,β-unsaturated/α-hetero) is 1. The lowest BCUT2D eigenvalue weighted by atomic mass is 9.77. The number of alkyl halides is 3. The number of hydrogen-bond acceptors (Lipinski definition) is 6. The van der Waals surface area contributed by atoms with E-state index in [1.54, 1.807) is 12.1 Å². The predicted octanol–water partition coefficient (Wildman–Crippen LogP) is 3.52. The lowest BCUT2D eigenvalue weighted by molar-refractivity contribution is -0.274. The molecule has 1 heterocycles. The van der Waals surface area contributed by atoms with Gasteiger partial charge in [-0.3, -0.25) is 4.79 Å². The van der Waals surface area contributed by atoms with Crippen LogP contribution in [0.25, 0.3) is 0 Å². The van der Waals surface area contributed by atoms with Crippen molar-refractivity contribution >= 4 is 30.1 Å². The number of ether oxygens (including phenoxy) is 1. The first kappa shape index (κ1) is 23.8. The highest BCUT2D eigenvalue weighted by atomic mass is 32.2. The van der Waals surface area contributed by atoms with Gasteiger partial charge in [-0.2, -0.15) is 0 Å². The molecule has 0 unspecified atom stereocenters.